The Bertz CT molecular complexity index is 286. The molecule has 3 heteroatoms. The van der Waals surface area contributed by atoms with Crippen molar-refractivity contribution in [2.24, 2.45) is 0 Å². The Kier molecular flexibility index (Phi) is 3.63. The van der Waals surface area contributed by atoms with Crippen molar-refractivity contribution in [3.05, 3.63) is 23.8 Å². The first-order valence-corrected chi connectivity index (χ1v) is 5.25. The molecule has 1 atom stereocenters. The van der Waals surface area contributed by atoms with Crippen molar-refractivity contribution in [2.75, 3.05) is 11.5 Å². The summed E-state index contributed by atoms with van der Waals surface area (Å²) in [5.41, 5.74) is 7.76. The predicted molar refractivity (Wildman–Crippen MR) is 58.0 cm³/mol. The average Bonchev–Trinajstić information content (AvgIpc) is 2.06. The van der Waals surface area contributed by atoms with Crippen LogP contribution in [-0.2, 0) is 0 Å². The van der Waals surface area contributed by atoms with Gasteiger partial charge in [0.1, 0.15) is 0 Å². The smallest absolute Gasteiger partial charge is 0.0606 e. The highest BCUT2D eigenvalue weighted by Gasteiger charge is 2.02. The van der Waals surface area contributed by atoms with Crippen LogP contribution >= 0.6 is 11.8 Å². The number of benzene rings is 1. The summed E-state index contributed by atoms with van der Waals surface area (Å²) in [4.78, 5) is 1.06. The second-order valence-corrected chi connectivity index (χ2v) is 4.26. The highest BCUT2D eigenvalue weighted by atomic mass is 32.2. The molecule has 0 aromatic heterocycles. The number of aryl methyl sites for hydroxylation is 1. The van der Waals surface area contributed by atoms with Crippen LogP contribution in [-0.4, -0.2) is 17.0 Å². The van der Waals surface area contributed by atoms with E-state index in [0.717, 1.165) is 10.6 Å². The van der Waals surface area contributed by atoms with Gasteiger partial charge in [-0.2, -0.15) is 0 Å². The molecule has 1 aromatic rings. The molecule has 72 valence electrons. The van der Waals surface area contributed by atoms with Gasteiger partial charge in [0, 0.05) is 16.3 Å². The summed E-state index contributed by atoms with van der Waals surface area (Å²) in [7, 11) is 0. The number of nitrogens with two attached hydrogens (primary N) is 1. The van der Waals surface area contributed by atoms with Crippen molar-refractivity contribution in [1.29, 1.82) is 0 Å². The Hall–Kier alpha value is -0.670. The maximum Gasteiger partial charge on any atom is 0.0606 e. The first-order chi connectivity index (χ1) is 6.09. The molecule has 0 bridgehead atoms. The molecule has 0 radical (unpaired) electrons. The Morgan fingerprint density at radius 3 is 2.85 bits per heavy atom. The summed E-state index contributed by atoms with van der Waals surface area (Å²) in [6.07, 6.45) is -0.287. The molecule has 0 saturated heterocycles. The second-order valence-electron chi connectivity index (χ2n) is 3.20. The quantitative estimate of drug-likeness (QED) is 0.576. The molecule has 1 rings (SSSR count). The standard InChI is InChI=1S/C10H15NOS/c1-7-3-4-9(11)10(5-7)13-6-8(2)12/h3-5,8,12H,6,11H2,1-2H3. The van der Waals surface area contributed by atoms with Gasteiger partial charge in [-0.1, -0.05) is 6.07 Å². The van der Waals surface area contributed by atoms with E-state index >= 15 is 0 Å². The van der Waals surface area contributed by atoms with Gasteiger partial charge in [0.15, 0.2) is 0 Å². The number of anilines is 1. The van der Waals surface area contributed by atoms with E-state index in [-0.39, 0.29) is 6.10 Å². The molecule has 3 N–H and O–H groups in total. The van der Waals surface area contributed by atoms with Crippen LogP contribution in [0, 0.1) is 6.92 Å². The van der Waals surface area contributed by atoms with Gasteiger partial charge < -0.3 is 10.8 Å². The number of hydrogen-bond donors (Lipinski definition) is 2. The summed E-state index contributed by atoms with van der Waals surface area (Å²) in [5, 5.41) is 9.11. The Labute approximate surface area is 83.1 Å². The van der Waals surface area contributed by atoms with E-state index in [1.807, 2.05) is 25.1 Å². The first-order valence-electron chi connectivity index (χ1n) is 4.26. The van der Waals surface area contributed by atoms with Crippen LogP contribution < -0.4 is 5.73 Å². The summed E-state index contributed by atoms with van der Waals surface area (Å²) in [6, 6.07) is 5.93. The minimum Gasteiger partial charge on any atom is -0.398 e. The van der Waals surface area contributed by atoms with Crippen LogP contribution in [0.1, 0.15) is 12.5 Å². The van der Waals surface area contributed by atoms with E-state index < -0.39 is 0 Å². The van der Waals surface area contributed by atoms with Gasteiger partial charge in [-0.15, -0.1) is 11.8 Å². The van der Waals surface area contributed by atoms with Crippen LogP contribution in [0.25, 0.3) is 0 Å². The summed E-state index contributed by atoms with van der Waals surface area (Å²) in [5.74, 6) is 0.688. The minimum atomic E-state index is -0.287. The highest BCUT2D eigenvalue weighted by Crippen LogP contribution is 2.26. The molecule has 0 heterocycles. The first kappa shape index (κ1) is 10.4. The Morgan fingerprint density at radius 2 is 2.23 bits per heavy atom. The van der Waals surface area contributed by atoms with Gasteiger partial charge in [-0.3, -0.25) is 0 Å². The SMILES string of the molecule is Cc1ccc(N)c(SCC(C)O)c1. The monoisotopic (exact) mass is 197 g/mol. The lowest BCUT2D eigenvalue weighted by molar-refractivity contribution is 0.220. The van der Waals surface area contributed by atoms with Gasteiger partial charge in [0.05, 0.1) is 6.10 Å². The summed E-state index contributed by atoms with van der Waals surface area (Å²) >= 11 is 1.59. The maximum atomic E-state index is 9.11. The topological polar surface area (TPSA) is 46.2 Å². The van der Waals surface area contributed by atoms with Crippen LogP contribution in [0.4, 0.5) is 5.69 Å². The summed E-state index contributed by atoms with van der Waals surface area (Å²) < 4.78 is 0. The fourth-order valence-electron chi connectivity index (χ4n) is 0.977. The number of rotatable bonds is 3. The molecule has 0 aliphatic carbocycles. The fourth-order valence-corrected chi connectivity index (χ4v) is 1.90. The molecule has 0 fully saturated rings. The minimum absolute atomic E-state index is 0.287. The van der Waals surface area contributed by atoms with E-state index in [1.54, 1.807) is 18.7 Å². The van der Waals surface area contributed by atoms with Gasteiger partial charge in [-0.25, -0.2) is 0 Å². The largest absolute Gasteiger partial charge is 0.398 e. The average molecular weight is 197 g/mol. The molecule has 0 aliphatic rings. The van der Waals surface area contributed by atoms with E-state index in [1.165, 1.54) is 5.56 Å². The molecule has 1 aromatic carbocycles. The molecule has 2 nitrogen and oxygen atoms in total. The van der Waals surface area contributed by atoms with E-state index in [9.17, 15) is 0 Å². The molecule has 1 unspecified atom stereocenters. The normalized spacial score (nSPS) is 12.8. The molecule has 0 aliphatic heterocycles. The third-order valence-electron chi connectivity index (χ3n) is 1.65. The fraction of sp³-hybridized carbons (Fsp3) is 0.400. The van der Waals surface area contributed by atoms with Crippen molar-refractivity contribution >= 4 is 17.4 Å². The van der Waals surface area contributed by atoms with Gasteiger partial charge in [0.2, 0.25) is 0 Å². The van der Waals surface area contributed by atoms with Crippen molar-refractivity contribution in [2.45, 2.75) is 24.8 Å². The number of nitrogen functional groups attached to an aromatic ring is 1. The number of thioether (sulfide) groups is 1. The van der Waals surface area contributed by atoms with Crippen molar-refractivity contribution in [3.63, 3.8) is 0 Å². The van der Waals surface area contributed by atoms with Crippen LogP contribution in [0.5, 0.6) is 0 Å². The van der Waals surface area contributed by atoms with Crippen LogP contribution in [0.2, 0.25) is 0 Å². The second kappa shape index (κ2) is 4.53. The van der Waals surface area contributed by atoms with E-state index in [4.69, 9.17) is 10.8 Å². The molecule has 0 amide bonds. The van der Waals surface area contributed by atoms with E-state index in [2.05, 4.69) is 0 Å². The predicted octanol–water partition coefficient (Wildman–Crippen LogP) is 2.05. The van der Waals surface area contributed by atoms with E-state index in [0.29, 0.717) is 5.75 Å². The van der Waals surface area contributed by atoms with Crippen LogP contribution in [0.15, 0.2) is 23.1 Å². The lowest BCUT2D eigenvalue weighted by atomic mass is 10.2. The maximum absolute atomic E-state index is 9.11. The molecular weight excluding hydrogens is 182 g/mol. The third kappa shape index (κ3) is 3.28. The van der Waals surface area contributed by atoms with Gasteiger partial charge in [-0.05, 0) is 31.5 Å². The summed E-state index contributed by atoms with van der Waals surface area (Å²) in [6.45, 7) is 3.81. The lowest BCUT2D eigenvalue weighted by Crippen LogP contribution is -2.03. The van der Waals surface area contributed by atoms with Gasteiger partial charge >= 0.3 is 0 Å². The lowest BCUT2D eigenvalue weighted by Gasteiger charge is -2.07. The highest BCUT2D eigenvalue weighted by molar-refractivity contribution is 7.99. The zero-order valence-electron chi connectivity index (χ0n) is 7.95. The molecular formula is C10H15NOS. The Balaban J connectivity index is 2.70. The zero-order valence-corrected chi connectivity index (χ0v) is 8.77. The molecule has 0 saturated carbocycles. The molecule has 13 heavy (non-hydrogen) atoms. The van der Waals surface area contributed by atoms with Crippen molar-refractivity contribution in [3.8, 4) is 0 Å². The number of aliphatic hydroxyl groups is 1. The molecule has 0 spiro atoms. The Morgan fingerprint density at radius 1 is 1.54 bits per heavy atom. The number of hydrogen-bond acceptors (Lipinski definition) is 3. The van der Waals surface area contributed by atoms with Crippen molar-refractivity contribution in [1.82, 2.24) is 0 Å². The zero-order chi connectivity index (χ0) is 9.84. The number of aliphatic hydroxyl groups excluding tert-OH is 1. The van der Waals surface area contributed by atoms with Crippen LogP contribution in [0.3, 0.4) is 0 Å². The van der Waals surface area contributed by atoms with Crippen molar-refractivity contribution < 1.29 is 5.11 Å². The third-order valence-corrected chi connectivity index (χ3v) is 2.96. The van der Waals surface area contributed by atoms with Gasteiger partial charge in [0.25, 0.3) is 0 Å².